The zero-order valence-electron chi connectivity index (χ0n) is 11.7. The second-order valence-electron chi connectivity index (χ2n) is 4.96. The first-order valence-electron chi connectivity index (χ1n) is 7.16. The van der Waals surface area contributed by atoms with Crippen LogP contribution in [0.25, 0.3) is 0 Å². The van der Waals surface area contributed by atoms with Gasteiger partial charge in [-0.1, -0.05) is 24.3 Å². The van der Waals surface area contributed by atoms with Crippen molar-refractivity contribution in [3.8, 4) is 5.88 Å². The maximum Gasteiger partial charge on any atom is 0.218 e. The number of aromatic nitrogens is 2. The van der Waals surface area contributed by atoms with E-state index in [4.69, 9.17) is 4.74 Å². The van der Waals surface area contributed by atoms with Crippen molar-refractivity contribution in [3.05, 3.63) is 47.8 Å². The molecule has 3 rings (SSSR count). The fourth-order valence-corrected chi connectivity index (χ4v) is 2.73. The number of hydrogen-bond donors (Lipinski definition) is 1. The van der Waals surface area contributed by atoms with Crippen molar-refractivity contribution in [3.63, 3.8) is 0 Å². The van der Waals surface area contributed by atoms with Crippen LogP contribution in [0.15, 0.2) is 36.7 Å². The highest BCUT2D eigenvalue weighted by molar-refractivity contribution is 5.43. The van der Waals surface area contributed by atoms with Crippen LogP contribution in [0.3, 0.4) is 0 Å². The van der Waals surface area contributed by atoms with E-state index in [1.54, 1.807) is 6.33 Å². The summed E-state index contributed by atoms with van der Waals surface area (Å²) in [5, 5.41) is 3.50. The van der Waals surface area contributed by atoms with Gasteiger partial charge in [0.05, 0.1) is 12.6 Å². The maximum absolute atomic E-state index is 5.41. The van der Waals surface area contributed by atoms with E-state index in [0.29, 0.717) is 18.5 Å². The molecule has 4 nitrogen and oxygen atoms in total. The molecule has 1 atom stereocenters. The molecule has 0 bridgehead atoms. The van der Waals surface area contributed by atoms with E-state index in [1.165, 1.54) is 24.0 Å². The molecule has 1 unspecified atom stereocenters. The number of benzene rings is 1. The first-order valence-corrected chi connectivity index (χ1v) is 7.16. The Labute approximate surface area is 119 Å². The predicted octanol–water partition coefficient (Wildman–Crippen LogP) is 3.36. The van der Waals surface area contributed by atoms with Crippen LogP contribution in [0.4, 0.5) is 5.82 Å². The van der Waals surface area contributed by atoms with Gasteiger partial charge in [0.15, 0.2) is 0 Å². The van der Waals surface area contributed by atoms with Gasteiger partial charge in [0.25, 0.3) is 0 Å². The summed E-state index contributed by atoms with van der Waals surface area (Å²) in [6.07, 6.45) is 5.05. The Morgan fingerprint density at radius 1 is 1.30 bits per heavy atom. The van der Waals surface area contributed by atoms with Crippen molar-refractivity contribution < 1.29 is 4.74 Å². The first kappa shape index (κ1) is 12.9. The van der Waals surface area contributed by atoms with Crippen LogP contribution in [-0.2, 0) is 6.42 Å². The number of nitrogens with zero attached hydrogens (tertiary/aromatic N) is 2. The average Bonchev–Trinajstić information content (AvgIpc) is 2.48. The minimum absolute atomic E-state index is 0.323. The Hall–Kier alpha value is -2.10. The largest absolute Gasteiger partial charge is 0.478 e. The molecule has 1 aromatic carbocycles. The van der Waals surface area contributed by atoms with Crippen molar-refractivity contribution in [1.82, 2.24) is 9.97 Å². The molecule has 104 valence electrons. The van der Waals surface area contributed by atoms with Crippen molar-refractivity contribution in [2.75, 3.05) is 11.9 Å². The summed E-state index contributed by atoms with van der Waals surface area (Å²) in [6.45, 7) is 2.56. The molecule has 20 heavy (non-hydrogen) atoms. The molecule has 0 aliphatic heterocycles. The summed E-state index contributed by atoms with van der Waals surface area (Å²) in [5.41, 5.74) is 2.82. The number of ether oxygens (including phenoxy) is 1. The van der Waals surface area contributed by atoms with Gasteiger partial charge in [-0.05, 0) is 37.3 Å². The monoisotopic (exact) mass is 269 g/mol. The van der Waals surface area contributed by atoms with E-state index in [-0.39, 0.29) is 0 Å². The average molecular weight is 269 g/mol. The van der Waals surface area contributed by atoms with E-state index >= 15 is 0 Å². The highest BCUT2D eigenvalue weighted by atomic mass is 16.5. The van der Waals surface area contributed by atoms with Crippen LogP contribution in [0.2, 0.25) is 0 Å². The van der Waals surface area contributed by atoms with Gasteiger partial charge >= 0.3 is 0 Å². The van der Waals surface area contributed by atoms with E-state index in [2.05, 4.69) is 39.6 Å². The van der Waals surface area contributed by atoms with Crippen molar-refractivity contribution in [1.29, 1.82) is 0 Å². The van der Waals surface area contributed by atoms with Crippen LogP contribution in [0.5, 0.6) is 5.88 Å². The van der Waals surface area contributed by atoms with Gasteiger partial charge in [0.1, 0.15) is 12.1 Å². The maximum atomic E-state index is 5.41. The third-order valence-electron chi connectivity index (χ3n) is 3.63. The minimum Gasteiger partial charge on any atom is -0.478 e. The van der Waals surface area contributed by atoms with Crippen LogP contribution < -0.4 is 10.1 Å². The van der Waals surface area contributed by atoms with Gasteiger partial charge in [-0.25, -0.2) is 9.97 Å². The van der Waals surface area contributed by atoms with Crippen molar-refractivity contribution >= 4 is 5.82 Å². The van der Waals surface area contributed by atoms with E-state index in [1.807, 2.05) is 13.0 Å². The lowest BCUT2D eigenvalue weighted by molar-refractivity contribution is 0.326. The van der Waals surface area contributed by atoms with E-state index in [9.17, 15) is 0 Å². The number of aryl methyl sites for hydroxylation is 1. The normalized spacial score (nSPS) is 17.4. The lowest BCUT2D eigenvalue weighted by Gasteiger charge is -2.26. The number of anilines is 1. The molecular formula is C16H19N3O. The molecule has 4 heteroatoms. The molecule has 1 aliphatic carbocycles. The zero-order valence-corrected chi connectivity index (χ0v) is 11.7. The van der Waals surface area contributed by atoms with Crippen LogP contribution in [0.1, 0.15) is 36.9 Å². The molecule has 0 fully saturated rings. The molecule has 1 heterocycles. The fourth-order valence-electron chi connectivity index (χ4n) is 2.73. The van der Waals surface area contributed by atoms with Crippen LogP contribution in [0, 0.1) is 0 Å². The Bertz CT molecular complexity index is 585. The number of hydrogen-bond acceptors (Lipinski definition) is 4. The van der Waals surface area contributed by atoms with Gasteiger partial charge in [0, 0.05) is 6.07 Å². The van der Waals surface area contributed by atoms with Gasteiger partial charge in [-0.3, -0.25) is 0 Å². The molecule has 1 aromatic heterocycles. The third-order valence-corrected chi connectivity index (χ3v) is 3.63. The summed E-state index contributed by atoms with van der Waals surface area (Å²) in [7, 11) is 0. The molecule has 0 saturated carbocycles. The minimum atomic E-state index is 0.323. The number of rotatable bonds is 4. The van der Waals surface area contributed by atoms with Gasteiger partial charge in [-0.15, -0.1) is 0 Å². The standard InChI is InChI=1S/C16H19N3O/c1-2-20-16-10-15(17-11-18-16)19-14-9-5-7-12-6-3-4-8-13(12)14/h3-4,6,8,10-11,14H,2,5,7,9H2,1H3,(H,17,18,19). The first-order chi connectivity index (χ1) is 9.86. The van der Waals surface area contributed by atoms with Gasteiger partial charge in [0.2, 0.25) is 5.88 Å². The molecule has 1 N–H and O–H groups in total. The van der Waals surface area contributed by atoms with Crippen molar-refractivity contribution in [2.45, 2.75) is 32.2 Å². The molecule has 0 amide bonds. The second kappa shape index (κ2) is 5.90. The second-order valence-corrected chi connectivity index (χ2v) is 4.96. The van der Waals surface area contributed by atoms with Crippen molar-refractivity contribution in [2.24, 2.45) is 0 Å². The predicted molar refractivity (Wildman–Crippen MR) is 78.9 cm³/mol. The topological polar surface area (TPSA) is 47.0 Å². The highest BCUT2D eigenvalue weighted by Crippen LogP contribution is 2.32. The number of nitrogens with one attached hydrogen (secondary N) is 1. The number of fused-ring (bicyclic) bond motifs is 1. The summed E-state index contributed by atoms with van der Waals surface area (Å²) in [6, 6.07) is 10.8. The summed E-state index contributed by atoms with van der Waals surface area (Å²) in [5.74, 6) is 1.44. The van der Waals surface area contributed by atoms with Crippen LogP contribution in [-0.4, -0.2) is 16.6 Å². The Morgan fingerprint density at radius 3 is 3.10 bits per heavy atom. The molecule has 0 spiro atoms. The Balaban J connectivity index is 1.80. The Morgan fingerprint density at radius 2 is 2.20 bits per heavy atom. The fraction of sp³-hybridized carbons (Fsp3) is 0.375. The quantitative estimate of drug-likeness (QED) is 0.924. The molecular weight excluding hydrogens is 250 g/mol. The molecule has 2 aromatic rings. The summed E-state index contributed by atoms with van der Waals surface area (Å²) >= 11 is 0. The lowest BCUT2D eigenvalue weighted by atomic mass is 9.88. The van der Waals surface area contributed by atoms with E-state index < -0.39 is 0 Å². The summed E-state index contributed by atoms with van der Waals surface area (Å²) < 4.78 is 5.41. The highest BCUT2D eigenvalue weighted by Gasteiger charge is 2.19. The SMILES string of the molecule is CCOc1cc(NC2CCCc3ccccc32)ncn1. The molecule has 0 radical (unpaired) electrons. The van der Waals surface area contributed by atoms with Gasteiger partial charge in [-0.2, -0.15) is 0 Å². The molecule has 0 saturated heterocycles. The summed E-state index contributed by atoms with van der Waals surface area (Å²) in [4.78, 5) is 8.38. The molecule has 1 aliphatic rings. The van der Waals surface area contributed by atoms with Gasteiger partial charge < -0.3 is 10.1 Å². The Kier molecular flexibility index (Phi) is 3.81. The zero-order chi connectivity index (χ0) is 13.8. The van der Waals surface area contributed by atoms with Crippen LogP contribution >= 0.6 is 0 Å². The van der Waals surface area contributed by atoms with E-state index in [0.717, 1.165) is 12.2 Å². The third kappa shape index (κ3) is 2.74. The lowest BCUT2D eigenvalue weighted by Crippen LogP contribution is -2.18. The smallest absolute Gasteiger partial charge is 0.218 e.